The number of hydrogen-bond donors (Lipinski definition) is 2. The largest absolute Gasteiger partial charge is 0.478 e. The van der Waals surface area contributed by atoms with Crippen LogP contribution >= 0.6 is 0 Å². The van der Waals surface area contributed by atoms with Gasteiger partial charge in [0.1, 0.15) is 0 Å². The first-order chi connectivity index (χ1) is 7.49. The first kappa shape index (κ1) is 11.7. The van der Waals surface area contributed by atoms with Gasteiger partial charge in [-0.1, -0.05) is 31.4 Å². The molecule has 0 aliphatic rings. The monoisotopic (exact) mass is 218 g/mol. The summed E-state index contributed by atoms with van der Waals surface area (Å²) in [7, 11) is 0. The minimum atomic E-state index is -1.25. The van der Waals surface area contributed by atoms with Crippen LogP contribution in [0.15, 0.2) is 31.4 Å². The van der Waals surface area contributed by atoms with Crippen molar-refractivity contribution in [3.63, 3.8) is 0 Å². The summed E-state index contributed by atoms with van der Waals surface area (Å²) >= 11 is 0. The second-order valence-corrected chi connectivity index (χ2v) is 3.06. The van der Waals surface area contributed by atoms with Gasteiger partial charge in [-0.25, -0.2) is 9.59 Å². The first-order valence-corrected chi connectivity index (χ1v) is 4.40. The number of benzene rings is 1. The van der Waals surface area contributed by atoms with E-state index in [4.69, 9.17) is 10.2 Å². The van der Waals surface area contributed by atoms with Gasteiger partial charge in [-0.2, -0.15) is 0 Å². The van der Waals surface area contributed by atoms with Crippen LogP contribution < -0.4 is 0 Å². The molecule has 1 aromatic rings. The van der Waals surface area contributed by atoms with Gasteiger partial charge in [-0.05, 0) is 11.6 Å². The molecule has 0 aliphatic carbocycles. The number of hydrogen-bond acceptors (Lipinski definition) is 2. The molecule has 0 aromatic heterocycles. The van der Waals surface area contributed by atoms with E-state index in [1.807, 2.05) is 0 Å². The highest BCUT2D eigenvalue weighted by molar-refractivity contribution is 6.18. The lowest BCUT2D eigenvalue weighted by atomic mass is 9.95. The highest BCUT2D eigenvalue weighted by Gasteiger charge is 2.18. The van der Waals surface area contributed by atoms with Gasteiger partial charge in [0.2, 0.25) is 0 Å². The van der Waals surface area contributed by atoms with Crippen molar-refractivity contribution in [1.82, 2.24) is 0 Å². The predicted octanol–water partition coefficient (Wildman–Crippen LogP) is 2.13. The second kappa shape index (κ2) is 4.44. The summed E-state index contributed by atoms with van der Waals surface area (Å²) in [6.07, 6.45) is 1.40. The van der Waals surface area contributed by atoms with Crippen molar-refractivity contribution >= 4 is 23.6 Å². The fourth-order valence-electron chi connectivity index (χ4n) is 1.36. The number of aliphatic carboxylic acids is 1. The number of rotatable bonds is 4. The summed E-state index contributed by atoms with van der Waals surface area (Å²) in [5, 5.41) is 17.8. The molecule has 2 N–H and O–H groups in total. The molecule has 0 aliphatic heterocycles. The third-order valence-electron chi connectivity index (χ3n) is 2.11. The molecule has 0 radical (unpaired) electrons. The smallest absolute Gasteiger partial charge is 0.336 e. The molecular formula is C12H10O4. The summed E-state index contributed by atoms with van der Waals surface area (Å²) in [5.74, 6) is -2.45. The Bertz CT molecular complexity index is 486. The van der Waals surface area contributed by atoms with Crippen LogP contribution in [0.4, 0.5) is 0 Å². The van der Waals surface area contributed by atoms with Crippen molar-refractivity contribution < 1.29 is 19.8 Å². The summed E-state index contributed by atoms with van der Waals surface area (Å²) in [6, 6.07) is 4.45. The fourth-order valence-corrected chi connectivity index (χ4v) is 1.36. The Morgan fingerprint density at radius 1 is 1.25 bits per heavy atom. The maximum atomic E-state index is 10.9. The van der Waals surface area contributed by atoms with Crippen molar-refractivity contribution in [2.45, 2.75) is 0 Å². The molecule has 0 saturated heterocycles. The Labute approximate surface area is 92.2 Å². The molecule has 0 atom stereocenters. The Morgan fingerprint density at radius 2 is 1.88 bits per heavy atom. The number of carboxylic acid groups (broad SMARTS) is 2. The van der Waals surface area contributed by atoms with E-state index in [0.29, 0.717) is 5.56 Å². The second-order valence-electron chi connectivity index (χ2n) is 3.06. The third-order valence-corrected chi connectivity index (χ3v) is 2.11. The third kappa shape index (κ3) is 2.00. The standard InChI is InChI=1S/C12H10O4/c1-3-8-5-4-6-9(12(15)16)10(8)7(2)11(13)14/h3-6H,1-2H2,(H,13,14)(H,15,16). The maximum absolute atomic E-state index is 10.9. The van der Waals surface area contributed by atoms with Gasteiger partial charge < -0.3 is 10.2 Å². The summed E-state index contributed by atoms with van der Waals surface area (Å²) < 4.78 is 0. The van der Waals surface area contributed by atoms with Crippen LogP contribution in [0.2, 0.25) is 0 Å². The van der Waals surface area contributed by atoms with Gasteiger partial charge in [0.05, 0.1) is 11.1 Å². The zero-order valence-corrected chi connectivity index (χ0v) is 8.43. The van der Waals surface area contributed by atoms with Crippen molar-refractivity contribution in [2.75, 3.05) is 0 Å². The van der Waals surface area contributed by atoms with E-state index in [2.05, 4.69) is 13.2 Å². The predicted molar refractivity (Wildman–Crippen MR) is 60.2 cm³/mol. The summed E-state index contributed by atoms with van der Waals surface area (Å²) in [4.78, 5) is 21.8. The molecule has 0 fully saturated rings. The maximum Gasteiger partial charge on any atom is 0.336 e. The molecule has 0 amide bonds. The molecule has 1 rings (SSSR count). The van der Waals surface area contributed by atoms with E-state index in [-0.39, 0.29) is 16.7 Å². The topological polar surface area (TPSA) is 74.6 Å². The molecule has 0 bridgehead atoms. The van der Waals surface area contributed by atoms with Gasteiger partial charge >= 0.3 is 11.9 Å². The molecule has 0 saturated carbocycles. The minimum absolute atomic E-state index is 0.0928. The van der Waals surface area contributed by atoms with Crippen LogP contribution in [0.5, 0.6) is 0 Å². The molecule has 4 heteroatoms. The van der Waals surface area contributed by atoms with Gasteiger partial charge in [0.15, 0.2) is 0 Å². The molecule has 82 valence electrons. The van der Waals surface area contributed by atoms with E-state index in [9.17, 15) is 9.59 Å². The quantitative estimate of drug-likeness (QED) is 0.759. The highest BCUT2D eigenvalue weighted by atomic mass is 16.4. The fraction of sp³-hybridized carbons (Fsp3) is 0. The van der Waals surface area contributed by atoms with Crippen LogP contribution in [-0.4, -0.2) is 22.2 Å². The van der Waals surface area contributed by atoms with Gasteiger partial charge in [0.25, 0.3) is 0 Å². The van der Waals surface area contributed by atoms with Gasteiger partial charge in [-0.3, -0.25) is 0 Å². The Hall–Kier alpha value is -2.36. The van der Waals surface area contributed by atoms with Crippen molar-refractivity contribution in [1.29, 1.82) is 0 Å². The zero-order valence-electron chi connectivity index (χ0n) is 8.43. The van der Waals surface area contributed by atoms with Crippen molar-refractivity contribution in [3.8, 4) is 0 Å². The minimum Gasteiger partial charge on any atom is -0.478 e. The van der Waals surface area contributed by atoms with E-state index in [1.54, 1.807) is 6.07 Å². The van der Waals surface area contributed by atoms with Crippen LogP contribution in [0.3, 0.4) is 0 Å². The lowest BCUT2D eigenvalue weighted by Crippen LogP contribution is -2.08. The van der Waals surface area contributed by atoms with E-state index < -0.39 is 11.9 Å². The molecular weight excluding hydrogens is 208 g/mol. The van der Waals surface area contributed by atoms with Crippen LogP contribution in [-0.2, 0) is 4.79 Å². The average Bonchev–Trinajstić information content (AvgIpc) is 2.26. The van der Waals surface area contributed by atoms with Crippen molar-refractivity contribution in [3.05, 3.63) is 48.0 Å². The number of aromatic carboxylic acids is 1. The normalized spacial score (nSPS) is 9.50. The molecule has 0 heterocycles. The number of carboxylic acids is 2. The zero-order chi connectivity index (χ0) is 12.3. The molecule has 4 nitrogen and oxygen atoms in total. The van der Waals surface area contributed by atoms with Crippen LogP contribution in [0.25, 0.3) is 11.6 Å². The Kier molecular flexibility index (Phi) is 3.25. The summed E-state index contributed by atoms with van der Waals surface area (Å²) in [6.45, 7) is 6.87. The average molecular weight is 218 g/mol. The van der Waals surface area contributed by atoms with Crippen molar-refractivity contribution in [2.24, 2.45) is 0 Å². The van der Waals surface area contributed by atoms with Crippen LogP contribution in [0, 0.1) is 0 Å². The molecule has 0 unspecified atom stereocenters. The molecule has 1 aromatic carbocycles. The number of carbonyl (C=O) groups is 2. The molecule has 16 heavy (non-hydrogen) atoms. The lowest BCUT2D eigenvalue weighted by Gasteiger charge is -2.09. The van der Waals surface area contributed by atoms with Gasteiger partial charge in [-0.15, -0.1) is 0 Å². The van der Waals surface area contributed by atoms with Crippen LogP contribution in [0.1, 0.15) is 21.5 Å². The first-order valence-electron chi connectivity index (χ1n) is 4.40. The van der Waals surface area contributed by atoms with E-state index in [1.165, 1.54) is 18.2 Å². The van der Waals surface area contributed by atoms with E-state index >= 15 is 0 Å². The lowest BCUT2D eigenvalue weighted by molar-refractivity contribution is -0.130. The summed E-state index contributed by atoms with van der Waals surface area (Å²) in [5.41, 5.74) is 0.183. The van der Waals surface area contributed by atoms with Gasteiger partial charge in [0, 0.05) is 5.56 Å². The highest BCUT2D eigenvalue weighted by Crippen LogP contribution is 2.23. The Balaban J connectivity index is 3.54. The SMILES string of the molecule is C=Cc1cccc(C(=O)O)c1C(=C)C(=O)O. The Morgan fingerprint density at radius 3 is 2.31 bits per heavy atom. The molecule has 0 spiro atoms. The van der Waals surface area contributed by atoms with E-state index in [0.717, 1.165) is 0 Å².